The summed E-state index contributed by atoms with van der Waals surface area (Å²) in [6, 6.07) is 0. The standard InChI is InChI=1S/C11H16/c1-4-7-10-11(8-5-2)9-6-3/h4-5,7-8,10H,1-2,6,9H2,3H3. The molecule has 0 bridgehead atoms. The van der Waals surface area contributed by atoms with Crippen LogP contribution in [0.25, 0.3) is 0 Å². The monoisotopic (exact) mass is 148 g/mol. The van der Waals surface area contributed by atoms with Gasteiger partial charge >= 0.3 is 0 Å². The van der Waals surface area contributed by atoms with E-state index in [1.807, 2.05) is 18.2 Å². The Morgan fingerprint density at radius 3 is 2.45 bits per heavy atom. The third-order valence-corrected chi connectivity index (χ3v) is 1.32. The highest BCUT2D eigenvalue weighted by Crippen LogP contribution is 2.06. The van der Waals surface area contributed by atoms with E-state index in [0.717, 1.165) is 6.42 Å². The van der Waals surface area contributed by atoms with Gasteiger partial charge in [0.1, 0.15) is 0 Å². The van der Waals surface area contributed by atoms with Crippen LogP contribution in [0, 0.1) is 0 Å². The zero-order chi connectivity index (χ0) is 8.53. The molecule has 0 saturated carbocycles. The van der Waals surface area contributed by atoms with Gasteiger partial charge in [-0.3, -0.25) is 0 Å². The molecule has 0 heterocycles. The van der Waals surface area contributed by atoms with Crippen LogP contribution in [-0.2, 0) is 0 Å². The van der Waals surface area contributed by atoms with Crippen molar-refractivity contribution in [3.05, 3.63) is 49.1 Å². The minimum Gasteiger partial charge on any atom is -0.0991 e. The molecule has 0 aromatic rings. The zero-order valence-electron chi connectivity index (χ0n) is 7.22. The van der Waals surface area contributed by atoms with Gasteiger partial charge in [0.15, 0.2) is 0 Å². The predicted octanol–water partition coefficient (Wildman–Crippen LogP) is 3.64. The van der Waals surface area contributed by atoms with Crippen LogP contribution in [0.1, 0.15) is 19.8 Å². The van der Waals surface area contributed by atoms with Crippen molar-refractivity contribution in [2.24, 2.45) is 0 Å². The molecule has 0 rings (SSSR count). The smallest absolute Gasteiger partial charge is 0.0282 e. The van der Waals surface area contributed by atoms with Gasteiger partial charge in [0.2, 0.25) is 0 Å². The van der Waals surface area contributed by atoms with Crippen LogP contribution >= 0.6 is 0 Å². The minimum absolute atomic E-state index is 1.11. The molecule has 0 amide bonds. The fourth-order valence-electron chi connectivity index (χ4n) is 0.854. The third-order valence-electron chi connectivity index (χ3n) is 1.32. The minimum atomic E-state index is 1.11. The average Bonchev–Trinajstić information content (AvgIpc) is 2.01. The molecule has 11 heavy (non-hydrogen) atoms. The molecule has 0 fully saturated rings. The average molecular weight is 148 g/mol. The van der Waals surface area contributed by atoms with Crippen molar-refractivity contribution in [2.45, 2.75) is 19.8 Å². The maximum atomic E-state index is 3.65. The topological polar surface area (TPSA) is 0 Å². The maximum Gasteiger partial charge on any atom is -0.0282 e. The van der Waals surface area contributed by atoms with E-state index in [0.29, 0.717) is 0 Å². The third kappa shape index (κ3) is 5.41. The molecule has 0 aromatic heterocycles. The first kappa shape index (κ1) is 9.96. The Hall–Kier alpha value is -1.04. The van der Waals surface area contributed by atoms with Gasteiger partial charge in [0.25, 0.3) is 0 Å². The summed E-state index contributed by atoms with van der Waals surface area (Å²) in [5, 5.41) is 0. The van der Waals surface area contributed by atoms with E-state index in [-0.39, 0.29) is 0 Å². The normalized spacial score (nSPS) is 11.9. The van der Waals surface area contributed by atoms with Crippen LogP contribution in [0.4, 0.5) is 0 Å². The molecule has 0 heteroatoms. The fourth-order valence-corrected chi connectivity index (χ4v) is 0.854. The number of hydrogen-bond donors (Lipinski definition) is 0. The van der Waals surface area contributed by atoms with Crippen LogP contribution in [-0.4, -0.2) is 0 Å². The molecule has 0 aliphatic rings. The predicted molar refractivity (Wildman–Crippen MR) is 52.5 cm³/mol. The van der Waals surface area contributed by atoms with Crippen LogP contribution in [0.15, 0.2) is 49.1 Å². The quantitative estimate of drug-likeness (QED) is 0.522. The highest BCUT2D eigenvalue weighted by atomic mass is 13.9. The first-order valence-corrected chi connectivity index (χ1v) is 3.95. The Balaban J connectivity index is 4.09. The second-order valence-corrected chi connectivity index (χ2v) is 2.32. The van der Waals surface area contributed by atoms with Crippen molar-refractivity contribution in [2.75, 3.05) is 0 Å². The van der Waals surface area contributed by atoms with Crippen LogP contribution in [0.2, 0.25) is 0 Å². The molecular formula is C11H16. The number of hydrogen-bond acceptors (Lipinski definition) is 0. The van der Waals surface area contributed by atoms with E-state index < -0.39 is 0 Å². The summed E-state index contributed by atoms with van der Waals surface area (Å²) >= 11 is 0. The Morgan fingerprint density at radius 1 is 1.27 bits per heavy atom. The van der Waals surface area contributed by atoms with E-state index in [9.17, 15) is 0 Å². The van der Waals surface area contributed by atoms with Crippen LogP contribution < -0.4 is 0 Å². The molecule has 0 atom stereocenters. The summed E-state index contributed by atoms with van der Waals surface area (Å²) < 4.78 is 0. The lowest BCUT2D eigenvalue weighted by Crippen LogP contribution is -1.75. The van der Waals surface area contributed by atoms with E-state index >= 15 is 0 Å². The highest BCUT2D eigenvalue weighted by molar-refractivity contribution is 5.24. The summed E-state index contributed by atoms with van der Waals surface area (Å²) in [7, 11) is 0. The van der Waals surface area contributed by atoms with Crippen molar-refractivity contribution >= 4 is 0 Å². The van der Waals surface area contributed by atoms with E-state index in [4.69, 9.17) is 0 Å². The lowest BCUT2D eigenvalue weighted by atomic mass is 10.1. The Labute approximate surface area is 69.6 Å². The van der Waals surface area contributed by atoms with Crippen molar-refractivity contribution < 1.29 is 0 Å². The molecule has 0 aliphatic carbocycles. The highest BCUT2D eigenvalue weighted by Gasteiger charge is 1.86. The molecule has 0 N–H and O–H groups in total. The molecule has 0 saturated heterocycles. The summed E-state index contributed by atoms with van der Waals surface area (Å²) in [5.74, 6) is 0. The summed E-state index contributed by atoms with van der Waals surface area (Å²) in [4.78, 5) is 0. The number of allylic oxidation sites excluding steroid dienone is 6. The SMILES string of the molecule is C=CC=CC(=CC=C)CCC. The van der Waals surface area contributed by atoms with Crippen molar-refractivity contribution in [3.8, 4) is 0 Å². The molecule has 0 nitrogen and oxygen atoms in total. The van der Waals surface area contributed by atoms with Gasteiger partial charge in [-0.15, -0.1) is 0 Å². The zero-order valence-corrected chi connectivity index (χ0v) is 7.22. The van der Waals surface area contributed by atoms with Gasteiger partial charge in [0.05, 0.1) is 0 Å². The maximum absolute atomic E-state index is 3.65. The Bertz CT molecular complexity index is 170. The molecular weight excluding hydrogens is 132 g/mol. The summed E-state index contributed by atoms with van der Waals surface area (Å²) in [5.41, 5.74) is 1.31. The van der Waals surface area contributed by atoms with Gasteiger partial charge in [-0.05, 0) is 12.0 Å². The summed E-state index contributed by atoms with van der Waals surface area (Å²) in [6.45, 7) is 9.43. The first-order chi connectivity index (χ1) is 5.35. The summed E-state index contributed by atoms with van der Waals surface area (Å²) in [6.07, 6.45) is 11.9. The van der Waals surface area contributed by atoms with Crippen molar-refractivity contribution in [1.29, 1.82) is 0 Å². The van der Waals surface area contributed by atoms with Gasteiger partial charge in [0, 0.05) is 0 Å². The number of rotatable bonds is 5. The van der Waals surface area contributed by atoms with Gasteiger partial charge in [-0.25, -0.2) is 0 Å². The van der Waals surface area contributed by atoms with Crippen molar-refractivity contribution in [1.82, 2.24) is 0 Å². The van der Waals surface area contributed by atoms with E-state index in [1.54, 1.807) is 6.08 Å². The van der Waals surface area contributed by atoms with Crippen LogP contribution in [0.5, 0.6) is 0 Å². The lowest BCUT2D eigenvalue weighted by Gasteiger charge is -1.95. The van der Waals surface area contributed by atoms with E-state index in [2.05, 4.69) is 26.2 Å². The molecule has 0 spiro atoms. The first-order valence-electron chi connectivity index (χ1n) is 3.95. The molecule has 0 aromatic carbocycles. The molecule has 0 radical (unpaired) electrons. The fraction of sp³-hybridized carbons (Fsp3) is 0.273. The van der Waals surface area contributed by atoms with Crippen molar-refractivity contribution in [3.63, 3.8) is 0 Å². The van der Waals surface area contributed by atoms with Gasteiger partial charge < -0.3 is 0 Å². The Kier molecular flexibility index (Phi) is 6.40. The second-order valence-electron chi connectivity index (χ2n) is 2.32. The molecule has 0 aliphatic heterocycles. The second kappa shape index (κ2) is 7.07. The molecule has 0 unspecified atom stereocenters. The van der Waals surface area contributed by atoms with Gasteiger partial charge in [-0.2, -0.15) is 0 Å². The Morgan fingerprint density at radius 2 is 2.00 bits per heavy atom. The van der Waals surface area contributed by atoms with E-state index in [1.165, 1.54) is 12.0 Å². The van der Waals surface area contributed by atoms with Gasteiger partial charge in [-0.1, -0.05) is 56.9 Å². The molecule has 60 valence electrons. The largest absolute Gasteiger partial charge is 0.0991 e. The van der Waals surface area contributed by atoms with Crippen LogP contribution in [0.3, 0.4) is 0 Å². The lowest BCUT2D eigenvalue weighted by molar-refractivity contribution is 0.926.